The Morgan fingerprint density at radius 3 is 2.61 bits per heavy atom. The molecule has 0 radical (unpaired) electrons. The van der Waals surface area contributed by atoms with Crippen molar-refractivity contribution in [2.75, 3.05) is 0 Å². The maximum atomic E-state index is 12.4. The van der Waals surface area contributed by atoms with E-state index in [4.69, 9.17) is 9.40 Å². The van der Waals surface area contributed by atoms with E-state index in [0.717, 1.165) is 22.6 Å². The molecular weight excluding hydrogens is 354 g/mol. The van der Waals surface area contributed by atoms with Crippen LogP contribution in [-0.4, -0.2) is 24.5 Å². The predicted molar refractivity (Wildman–Crippen MR) is 106 cm³/mol. The van der Waals surface area contributed by atoms with Crippen molar-refractivity contribution in [2.45, 2.75) is 38.6 Å². The molecule has 0 saturated heterocycles. The quantitative estimate of drug-likeness (QED) is 0.582. The summed E-state index contributed by atoms with van der Waals surface area (Å²) in [6.45, 7) is 0.710. The molecule has 142 valence electrons. The third-order valence-electron chi connectivity index (χ3n) is 5.54. The molecule has 7 nitrogen and oxygen atoms in total. The Labute approximate surface area is 161 Å². The smallest absolute Gasteiger partial charge is 0.328 e. The normalized spacial score (nSPS) is 15.3. The van der Waals surface area contributed by atoms with E-state index in [1.165, 1.54) is 38.5 Å². The number of fused-ring (bicyclic) bond motifs is 1. The zero-order chi connectivity index (χ0) is 18.9. The lowest BCUT2D eigenvalue weighted by atomic mass is 9.89. The summed E-state index contributed by atoms with van der Waals surface area (Å²) in [6.07, 6.45) is 10.9. The monoisotopic (exact) mass is 375 g/mol. The Bertz CT molecular complexity index is 1140. The Morgan fingerprint density at radius 1 is 1.07 bits per heavy atom. The molecule has 1 N–H and O–H groups in total. The van der Waals surface area contributed by atoms with Crippen LogP contribution < -0.4 is 5.69 Å². The molecule has 3 heterocycles. The Balaban J connectivity index is 1.48. The number of rotatable bonds is 4. The molecule has 1 aromatic carbocycles. The van der Waals surface area contributed by atoms with Gasteiger partial charge in [0.05, 0.1) is 18.1 Å². The number of aromatic nitrogens is 5. The first-order valence-corrected chi connectivity index (χ1v) is 9.73. The predicted octanol–water partition coefficient (Wildman–Crippen LogP) is 4.02. The minimum atomic E-state index is -0.126. The minimum absolute atomic E-state index is 0.126. The molecule has 5 rings (SSSR count). The first-order chi connectivity index (χ1) is 13.8. The fourth-order valence-electron chi connectivity index (χ4n) is 4.02. The maximum absolute atomic E-state index is 12.4. The van der Waals surface area contributed by atoms with Crippen LogP contribution in [0.2, 0.25) is 0 Å². The highest BCUT2D eigenvalue weighted by atomic mass is 16.3. The number of oxazole rings is 1. The Kier molecular flexibility index (Phi) is 4.27. The van der Waals surface area contributed by atoms with Crippen LogP contribution in [0.1, 0.15) is 32.1 Å². The van der Waals surface area contributed by atoms with E-state index < -0.39 is 0 Å². The molecule has 1 fully saturated rings. The van der Waals surface area contributed by atoms with Crippen molar-refractivity contribution >= 4 is 11.3 Å². The lowest BCUT2D eigenvalue weighted by Crippen LogP contribution is -2.23. The number of H-pyrrole nitrogens is 1. The van der Waals surface area contributed by atoms with Gasteiger partial charge in [-0.2, -0.15) is 0 Å². The van der Waals surface area contributed by atoms with Gasteiger partial charge in [-0.15, -0.1) is 0 Å². The highest BCUT2D eigenvalue weighted by Gasteiger charge is 2.18. The fraction of sp³-hybridized carbons (Fsp3) is 0.333. The first-order valence-electron chi connectivity index (χ1n) is 9.73. The molecule has 1 saturated carbocycles. The summed E-state index contributed by atoms with van der Waals surface area (Å²) in [6, 6.07) is 7.88. The number of hydrogen-bond acceptors (Lipinski definition) is 5. The van der Waals surface area contributed by atoms with Gasteiger partial charge < -0.3 is 4.42 Å². The maximum Gasteiger partial charge on any atom is 0.328 e. The molecule has 28 heavy (non-hydrogen) atoms. The minimum Gasteiger partial charge on any atom is -0.444 e. The summed E-state index contributed by atoms with van der Waals surface area (Å²) in [5.74, 6) is 1.26. The molecule has 4 aromatic rings. The van der Waals surface area contributed by atoms with Crippen molar-refractivity contribution in [1.82, 2.24) is 24.5 Å². The molecule has 1 aliphatic carbocycles. The number of aromatic amines is 1. The van der Waals surface area contributed by atoms with Crippen LogP contribution in [0.25, 0.3) is 33.9 Å². The molecule has 0 atom stereocenters. The van der Waals surface area contributed by atoms with Gasteiger partial charge in [-0.3, -0.25) is 9.55 Å². The van der Waals surface area contributed by atoms with Crippen molar-refractivity contribution in [3.05, 3.63) is 53.5 Å². The zero-order valence-corrected chi connectivity index (χ0v) is 15.5. The third kappa shape index (κ3) is 3.13. The van der Waals surface area contributed by atoms with E-state index in [1.807, 2.05) is 24.3 Å². The van der Waals surface area contributed by atoms with E-state index in [0.29, 0.717) is 23.8 Å². The number of benzene rings is 1. The van der Waals surface area contributed by atoms with E-state index >= 15 is 0 Å². The second-order valence-electron chi connectivity index (χ2n) is 7.42. The van der Waals surface area contributed by atoms with E-state index in [9.17, 15) is 4.79 Å². The van der Waals surface area contributed by atoms with Crippen molar-refractivity contribution < 1.29 is 4.42 Å². The molecule has 0 spiro atoms. The summed E-state index contributed by atoms with van der Waals surface area (Å²) in [4.78, 5) is 28.4. The van der Waals surface area contributed by atoms with Crippen LogP contribution in [0.3, 0.4) is 0 Å². The molecule has 1 aliphatic rings. The molecular formula is C21H21N5O2. The van der Waals surface area contributed by atoms with Crippen LogP contribution in [0.15, 0.2) is 52.3 Å². The molecule has 0 aliphatic heterocycles. The number of hydrogen-bond donors (Lipinski definition) is 1. The summed E-state index contributed by atoms with van der Waals surface area (Å²) in [5, 5.41) is 0. The second-order valence-corrected chi connectivity index (χ2v) is 7.42. The molecule has 7 heteroatoms. The fourth-order valence-corrected chi connectivity index (χ4v) is 4.02. The van der Waals surface area contributed by atoms with Crippen LogP contribution in [0.4, 0.5) is 0 Å². The van der Waals surface area contributed by atoms with Crippen LogP contribution >= 0.6 is 0 Å². The van der Waals surface area contributed by atoms with Crippen LogP contribution in [0.5, 0.6) is 0 Å². The van der Waals surface area contributed by atoms with Gasteiger partial charge in [0.15, 0.2) is 23.4 Å². The average molecular weight is 375 g/mol. The van der Waals surface area contributed by atoms with Gasteiger partial charge in [0.1, 0.15) is 0 Å². The highest BCUT2D eigenvalue weighted by Crippen LogP contribution is 2.26. The van der Waals surface area contributed by atoms with Crippen molar-refractivity contribution in [1.29, 1.82) is 0 Å². The third-order valence-corrected chi connectivity index (χ3v) is 5.54. The average Bonchev–Trinajstić information content (AvgIpc) is 3.38. The number of imidazole rings is 1. The van der Waals surface area contributed by atoms with Gasteiger partial charge in [0, 0.05) is 17.7 Å². The summed E-state index contributed by atoms with van der Waals surface area (Å²) in [7, 11) is 0. The standard InChI is InChI=1S/C21H21N5O2/c27-21-25-19-20(26(21)12-14-4-2-1-3-5-14)24-17(10-23-19)15-6-8-16(9-7-15)18-11-22-13-28-18/h6-11,13-14H,1-5,12H2,(H,23,25,27). The lowest BCUT2D eigenvalue weighted by Gasteiger charge is -2.21. The summed E-state index contributed by atoms with van der Waals surface area (Å²) < 4.78 is 7.09. The Hall–Kier alpha value is -3.22. The van der Waals surface area contributed by atoms with Crippen LogP contribution in [-0.2, 0) is 6.54 Å². The van der Waals surface area contributed by atoms with Gasteiger partial charge in [0.2, 0.25) is 0 Å². The molecule has 0 amide bonds. The van der Waals surface area contributed by atoms with Gasteiger partial charge in [0.25, 0.3) is 0 Å². The van der Waals surface area contributed by atoms with Gasteiger partial charge in [-0.1, -0.05) is 43.5 Å². The van der Waals surface area contributed by atoms with E-state index in [1.54, 1.807) is 17.0 Å². The van der Waals surface area contributed by atoms with Crippen molar-refractivity contribution in [2.24, 2.45) is 5.92 Å². The van der Waals surface area contributed by atoms with Gasteiger partial charge >= 0.3 is 5.69 Å². The van der Waals surface area contributed by atoms with E-state index in [2.05, 4.69) is 15.0 Å². The molecule has 0 bridgehead atoms. The van der Waals surface area contributed by atoms with Gasteiger partial charge in [-0.25, -0.2) is 19.7 Å². The summed E-state index contributed by atoms with van der Waals surface area (Å²) >= 11 is 0. The zero-order valence-electron chi connectivity index (χ0n) is 15.5. The van der Waals surface area contributed by atoms with E-state index in [-0.39, 0.29) is 5.69 Å². The lowest BCUT2D eigenvalue weighted by molar-refractivity contribution is 0.319. The SMILES string of the molecule is O=c1[nH]c2ncc(-c3ccc(-c4cnco4)cc3)nc2n1CC1CCCCC1. The topological polar surface area (TPSA) is 89.6 Å². The summed E-state index contributed by atoms with van der Waals surface area (Å²) in [5.41, 5.74) is 3.68. The largest absolute Gasteiger partial charge is 0.444 e. The number of nitrogens with one attached hydrogen (secondary N) is 1. The van der Waals surface area contributed by atoms with Gasteiger partial charge in [-0.05, 0) is 18.8 Å². The Morgan fingerprint density at radius 2 is 1.86 bits per heavy atom. The van der Waals surface area contributed by atoms with Crippen molar-refractivity contribution in [3.8, 4) is 22.6 Å². The molecule has 3 aromatic heterocycles. The first kappa shape index (κ1) is 16.9. The highest BCUT2D eigenvalue weighted by molar-refractivity contribution is 5.72. The molecule has 0 unspecified atom stereocenters. The van der Waals surface area contributed by atoms with Crippen LogP contribution in [0, 0.1) is 5.92 Å². The second kappa shape index (κ2) is 7.07. The number of nitrogens with zero attached hydrogens (tertiary/aromatic N) is 4. The van der Waals surface area contributed by atoms with Crippen molar-refractivity contribution in [3.63, 3.8) is 0 Å².